The fraction of sp³-hybridized carbons (Fsp3) is 0.444. The summed E-state index contributed by atoms with van der Waals surface area (Å²) in [5.41, 5.74) is -0.198. The Morgan fingerprint density at radius 2 is 2.14 bits per heavy atom. The van der Waals surface area contributed by atoms with Crippen molar-refractivity contribution >= 4 is 29.6 Å². The number of carboxylic acid groups (broad SMARTS) is 1. The molecule has 0 radical (unpaired) electrons. The van der Waals surface area contributed by atoms with Crippen LogP contribution in [0.1, 0.15) is 39.7 Å². The van der Waals surface area contributed by atoms with Crippen LogP contribution < -0.4 is 0 Å². The van der Waals surface area contributed by atoms with Gasteiger partial charge in [0.15, 0.2) is 11.4 Å². The quantitative estimate of drug-likeness (QED) is 0.595. The third kappa shape index (κ3) is 4.92. The van der Waals surface area contributed by atoms with E-state index in [1.807, 2.05) is 13.8 Å². The van der Waals surface area contributed by atoms with Gasteiger partial charge in [-0.2, -0.15) is 5.10 Å². The summed E-state index contributed by atoms with van der Waals surface area (Å²) in [4.78, 5) is 20.2. The van der Waals surface area contributed by atoms with Gasteiger partial charge in [-0.3, -0.25) is 4.98 Å². The lowest BCUT2D eigenvalue weighted by Crippen LogP contribution is -2.49. The van der Waals surface area contributed by atoms with Crippen LogP contribution in [0.4, 0.5) is 9.18 Å². The Bertz CT molecular complexity index is 938. The highest BCUT2D eigenvalue weighted by Crippen LogP contribution is 2.25. The lowest BCUT2D eigenvalue weighted by atomic mass is 9.99. The van der Waals surface area contributed by atoms with E-state index >= 15 is 0 Å². The molecule has 0 aromatic carbocycles. The zero-order valence-electron chi connectivity index (χ0n) is 16.5. The Labute approximate surface area is 166 Å². The second-order valence-electron chi connectivity index (χ2n) is 7.65. The number of hydrogen-bond donors (Lipinski definition) is 1. The molecule has 2 aliphatic heterocycles. The molecular weight excluding hydrogens is 383 g/mol. The lowest BCUT2D eigenvalue weighted by molar-refractivity contribution is 0.0123. The summed E-state index contributed by atoms with van der Waals surface area (Å²) in [7, 11) is 0. The second kappa shape index (κ2) is 7.57. The molecule has 3 heterocycles. The molecular formula is C18H21FN6O4. The van der Waals surface area contributed by atoms with Crippen LogP contribution >= 0.6 is 0 Å². The summed E-state index contributed by atoms with van der Waals surface area (Å²) in [6.45, 7) is 7.03. The molecule has 154 valence electrons. The monoisotopic (exact) mass is 404 g/mol. The average Bonchev–Trinajstić information content (AvgIpc) is 2.98. The first-order valence-corrected chi connectivity index (χ1v) is 8.80. The number of ether oxygens (including phenoxy) is 1. The van der Waals surface area contributed by atoms with Gasteiger partial charge in [0.25, 0.3) is 0 Å². The molecule has 0 spiro atoms. The summed E-state index contributed by atoms with van der Waals surface area (Å²) in [6.07, 6.45) is 3.00. The maximum Gasteiger partial charge on any atom is 0.506 e. The number of aromatic nitrogens is 1. The zero-order chi connectivity index (χ0) is 21.2. The van der Waals surface area contributed by atoms with Gasteiger partial charge in [-0.1, -0.05) is 5.16 Å². The van der Waals surface area contributed by atoms with Gasteiger partial charge in [0, 0.05) is 18.2 Å². The Morgan fingerprint density at radius 3 is 2.76 bits per heavy atom. The predicted octanol–water partition coefficient (Wildman–Crippen LogP) is 2.65. The topological polar surface area (TPSA) is 121 Å². The maximum absolute atomic E-state index is 13.4. The van der Waals surface area contributed by atoms with Gasteiger partial charge in [-0.25, -0.2) is 14.2 Å². The Kier molecular flexibility index (Phi) is 5.31. The number of rotatable bonds is 5. The molecule has 0 atom stereocenters. The van der Waals surface area contributed by atoms with Gasteiger partial charge in [0.1, 0.15) is 22.8 Å². The molecule has 29 heavy (non-hydrogen) atoms. The van der Waals surface area contributed by atoms with Crippen molar-refractivity contribution in [1.82, 2.24) is 9.99 Å². The SMILES string of the molecule is CC1(C)CC(C2=NN=C(C(C)(C)OC(=O)O)N(/N=C/c3cncc(F)c3)C2)=NO1. The fourth-order valence-corrected chi connectivity index (χ4v) is 2.78. The van der Waals surface area contributed by atoms with Crippen LogP contribution in [-0.2, 0) is 9.57 Å². The molecule has 0 saturated carbocycles. The van der Waals surface area contributed by atoms with Crippen molar-refractivity contribution in [2.45, 2.75) is 45.3 Å². The predicted molar refractivity (Wildman–Crippen MR) is 104 cm³/mol. The molecule has 1 aromatic heterocycles. The van der Waals surface area contributed by atoms with E-state index in [1.165, 1.54) is 37.3 Å². The Hall–Kier alpha value is -3.37. The molecule has 3 rings (SSSR count). The summed E-state index contributed by atoms with van der Waals surface area (Å²) in [6, 6.07) is 1.27. The van der Waals surface area contributed by atoms with Gasteiger partial charge in [-0.15, -0.1) is 10.2 Å². The highest BCUT2D eigenvalue weighted by atomic mass is 19.1. The molecule has 0 amide bonds. The molecule has 1 aromatic rings. The summed E-state index contributed by atoms with van der Waals surface area (Å²) < 4.78 is 18.3. The van der Waals surface area contributed by atoms with Crippen LogP contribution in [0.25, 0.3) is 0 Å². The van der Waals surface area contributed by atoms with Gasteiger partial charge in [0.2, 0.25) is 0 Å². The van der Waals surface area contributed by atoms with E-state index < -0.39 is 23.2 Å². The van der Waals surface area contributed by atoms with Crippen LogP contribution in [0.15, 0.2) is 38.9 Å². The normalized spacial score (nSPS) is 18.8. The molecule has 0 saturated heterocycles. The van der Waals surface area contributed by atoms with Crippen molar-refractivity contribution in [2.24, 2.45) is 20.5 Å². The summed E-state index contributed by atoms with van der Waals surface area (Å²) >= 11 is 0. The second-order valence-corrected chi connectivity index (χ2v) is 7.65. The van der Waals surface area contributed by atoms with Gasteiger partial charge in [0.05, 0.1) is 19.0 Å². The molecule has 0 unspecified atom stereocenters. The number of halogens is 1. The zero-order valence-corrected chi connectivity index (χ0v) is 16.5. The first kappa shape index (κ1) is 20.4. The Balaban J connectivity index is 1.91. The highest BCUT2D eigenvalue weighted by molar-refractivity contribution is 6.44. The van der Waals surface area contributed by atoms with E-state index in [4.69, 9.17) is 14.7 Å². The van der Waals surface area contributed by atoms with Crippen molar-refractivity contribution in [3.8, 4) is 0 Å². The van der Waals surface area contributed by atoms with Crippen molar-refractivity contribution in [3.05, 3.63) is 29.8 Å². The average molecular weight is 404 g/mol. The van der Waals surface area contributed by atoms with Crippen LogP contribution in [0.3, 0.4) is 0 Å². The highest BCUT2D eigenvalue weighted by Gasteiger charge is 2.39. The minimum atomic E-state index is -1.46. The molecule has 0 fully saturated rings. The number of nitrogens with zero attached hydrogens (tertiary/aromatic N) is 6. The van der Waals surface area contributed by atoms with Crippen LogP contribution in [-0.4, -0.2) is 62.5 Å². The smallest absolute Gasteiger partial charge is 0.450 e. The molecule has 0 bridgehead atoms. The molecule has 11 heteroatoms. The van der Waals surface area contributed by atoms with Crippen molar-refractivity contribution < 1.29 is 23.9 Å². The molecule has 2 aliphatic rings. The largest absolute Gasteiger partial charge is 0.506 e. The van der Waals surface area contributed by atoms with Crippen LogP contribution in [0, 0.1) is 5.82 Å². The van der Waals surface area contributed by atoms with Gasteiger partial charge in [-0.05, 0) is 33.8 Å². The van der Waals surface area contributed by atoms with Crippen LogP contribution in [0.2, 0.25) is 0 Å². The minimum Gasteiger partial charge on any atom is -0.450 e. The van der Waals surface area contributed by atoms with E-state index in [2.05, 4.69) is 25.4 Å². The lowest BCUT2D eigenvalue weighted by Gasteiger charge is -2.32. The van der Waals surface area contributed by atoms with E-state index in [9.17, 15) is 9.18 Å². The maximum atomic E-state index is 13.4. The first-order valence-electron chi connectivity index (χ1n) is 8.80. The van der Waals surface area contributed by atoms with E-state index in [0.29, 0.717) is 23.4 Å². The third-order valence-corrected chi connectivity index (χ3v) is 4.09. The summed E-state index contributed by atoms with van der Waals surface area (Å²) in [5, 5.41) is 27.2. The number of hydrogen-bond acceptors (Lipinski definition) is 9. The number of pyridine rings is 1. The van der Waals surface area contributed by atoms with E-state index in [0.717, 1.165) is 6.20 Å². The van der Waals surface area contributed by atoms with Crippen LogP contribution in [0.5, 0.6) is 0 Å². The van der Waals surface area contributed by atoms with E-state index in [-0.39, 0.29) is 12.4 Å². The van der Waals surface area contributed by atoms with Gasteiger partial charge >= 0.3 is 6.16 Å². The molecule has 0 aliphatic carbocycles. The minimum absolute atomic E-state index is 0.156. The standard InChI is InChI=1S/C18H21FN6O4/c1-17(2)6-13(24-29-17)14-10-25(21-8-11-5-12(19)9-20-7-11)15(23-22-14)18(3,4)28-16(26)27/h5,7-9H,6,10H2,1-4H3,(H,26,27)/b21-8+. The number of amidine groups is 1. The van der Waals surface area contributed by atoms with Crippen molar-refractivity contribution in [3.63, 3.8) is 0 Å². The number of carbonyl (C=O) groups is 1. The first-order chi connectivity index (χ1) is 13.6. The van der Waals surface area contributed by atoms with E-state index in [1.54, 1.807) is 0 Å². The number of oxime groups is 1. The molecule has 1 N–H and O–H groups in total. The summed E-state index contributed by atoms with van der Waals surface area (Å²) in [5.74, 6) is -0.332. The number of hydrazone groups is 1. The Morgan fingerprint density at radius 1 is 1.38 bits per heavy atom. The van der Waals surface area contributed by atoms with Gasteiger partial charge < -0.3 is 14.7 Å². The van der Waals surface area contributed by atoms with Crippen molar-refractivity contribution in [1.29, 1.82) is 0 Å². The van der Waals surface area contributed by atoms with Crippen molar-refractivity contribution in [2.75, 3.05) is 6.54 Å². The molecule has 10 nitrogen and oxygen atoms in total. The third-order valence-electron chi connectivity index (χ3n) is 4.09. The fourth-order valence-electron chi connectivity index (χ4n) is 2.78.